The summed E-state index contributed by atoms with van der Waals surface area (Å²) in [6, 6.07) is 5.43. The molecule has 0 saturated heterocycles. The second kappa shape index (κ2) is 17.1. The lowest BCUT2D eigenvalue weighted by Gasteiger charge is -2.51. The van der Waals surface area contributed by atoms with Crippen LogP contribution < -0.4 is 5.32 Å². The van der Waals surface area contributed by atoms with Gasteiger partial charge in [0, 0.05) is 47.7 Å². The molecule has 0 aliphatic heterocycles. The lowest BCUT2D eigenvalue weighted by Crippen LogP contribution is -2.55. The molecular formula is C43H77N3O. The molecule has 1 amide bonds. The number of carbonyl (C=O) groups excluding carboxylic acids is 1. The van der Waals surface area contributed by atoms with Crippen molar-refractivity contribution < 1.29 is 4.79 Å². The van der Waals surface area contributed by atoms with Crippen LogP contribution in [0.4, 0.5) is 0 Å². The summed E-state index contributed by atoms with van der Waals surface area (Å²) in [6.45, 7) is 8.94. The van der Waals surface area contributed by atoms with Crippen LogP contribution in [-0.4, -0.2) is 58.0 Å². The highest BCUT2D eigenvalue weighted by Gasteiger charge is 2.42. The zero-order chi connectivity index (χ0) is 32.8. The van der Waals surface area contributed by atoms with Gasteiger partial charge < -0.3 is 5.32 Å². The van der Waals surface area contributed by atoms with Gasteiger partial charge in [-0.25, -0.2) is 0 Å². The van der Waals surface area contributed by atoms with Gasteiger partial charge in [0.05, 0.1) is 0 Å². The molecule has 0 heterocycles. The van der Waals surface area contributed by atoms with Gasteiger partial charge in [0.15, 0.2) is 0 Å². The highest BCUT2D eigenvalue weighted by molar-refractivity contribution is 5.82. The number of carbonyl (C=O) groups is 1. The Morgan fingerprint density at radius 3 is 1.43 bits per heavy atom. The van der Waals surface area contributed by atoms with Crippen molar-refractivity contribution in [1.82, 2.24) is 15.1 Å². The monoisotopic (exact) mass is 652 g/mol. The minimum atomic E-state index is -0.244. The van der Waals surface area contributed by atoms with E-state index in [1.807, 2.05) is 0 Å². The van der Waals surface area contributed by atoms with Crippen LogP contribution in [0.3, 0.4) is 0 Å². The first-order chi connectivity index (χ1) is 22.8. The van der Waals surface area contributed by atoms with Crippen LogP contribution in [0.1, 0.15) is 201 Å². The van der Waals surface area contributed by atoms with Crippen LogP contribution in [0.2, 0.25) is 0 Å². The summed E-state index contributed by atoms with van der Waals surface area (Å²) >= 11 is 0. The highest BCUT2D eigenvalue weighted by Crippen LogP contribution is 2.45. The average molecular weight is 652 g/mol. The normalized spacial score (nSPS) is 37.2. The third-order valence-corrected chi connectivity index (χ3v) is 15.4. The molecule has 4 heteroatoms. The molecular weight excluding hydrogens is 574 g/mol. The molecule has 270 valence electrons. The summed E-state index contributed by atoms with van der Waals surface area (Å²) in [4.78, 5) is 19.3. The number of amides is 1. The topological polar surface area (TPSA) is 35.6 Å². The molecule has 4 nitrogen and oxygen atoms in total. The third-order valence-electron chi connectivity index (χ3n) is 15.4. The quantitative estimate of drug-likeness (QED) is 0.255. The largest absolute Gasteiger partial charge is 0.353 e. The van der Waals surface area contributed by atoms with Crippen molar-refractivity contribution in [2.75, 3.05) is 0 Å². The molecule has 6 fully saturated rings. The fourth-order valence-electron chi connectivity index (χ4n) is 12.0. The summed E-state index contributed by atoms with van der Waals surface area (Å²) in [6.07, 6.45) is 38.2. The Bertz CT molecular complexity index is 929. The van der Waals surface area contributed by atoms with Crippen molar-refractivity contribution in [1.29, 1.82) is 0 Å². The first kappa shape index (κ1) is 36.2. The van der Waals surface area contributed by atoms with E-state index in [4.69, 9.17) is 0 Å². The zero-order valence-corrected chi connectivity index (χ0v) is 31.7. The summed E-state index contributed by atoms with van der Waals surface area (Å²) in [5.74, 6) is 3.17. The standard InChI is InChI=1S/C43H77N3O/c1-5-43(3,4)42(47)44-35-24-30-39(31-25-35)45(36-15-8-6-9-16-36)38-26-20-33(21-27-38)34-22-28-40(29-23-34)46(37-17-10-7-11-18-37)41-19-13-12-14-32(41)2/h32-41H,5-31H2,1-4H3,(H,44,47). The Kier molecular flexibility index (Phi) is 13.1. The van der Waals surface area contributed by atoms with Gasteiger partial charge in [-0.05, 0) is 140 Å². The maximum absolute atomic E-state index is 12.9. The second-order valence-corrected chi connectivity index (χ2v) is 18.7. The van der Waals surface area contributed by atoms with Gasteiger partial charge in [0.1, 0.15) is 0 Å². The number of nitrogens with one attached hydrogen (secondary N) is 1. The summed E-state index contributed by atoms with van der Waals surface area (Å²) in [5.41, 5.74) is -0.244. The molecule has 6 aliphatic carbocycles. The van der Waals surface area contributed by atoms with Crippen LogP contribution in [0.5, 0.6) is 0 Å². The third kappa shape index (κ3) is 9.01. The zero-order valence-electron chi connectivity index (χ0n) is 31.7. The molecule has 6 aliphatic rings. The summed E-state index contributed by atoms with van der Waals surface area (Å²) in [5, 5.41) is 3.46. The fraction of sp³-hybridized carbons (Fsp3) is 0.977. The smallest absolute Gasteiger partial charge is 0.225 e. The number of hydrogen-bond acceptors (Lipinski definition) is 3. The molecule has 2 unspecified atom stereocenters. The predicted molar refractivity (Wildman–Crippen MR) is 199 cm³/mol. The fourth-order valence-corrected chi connectivity index (χ4v) is 12.0. The van der Waals surface area contributed by atoms with E-state index < -0.39 is 0 Å². The van der Waals surface area contributed by atoms with Crippen molar-refractivity contribution in [2.24, 2.45) is 23.2 Å². The van der Waals surface area contributed by atoms with E-state index >= 15 is 0 Å². The lowest BCUT2D eigenvalue weighted by molar-refractivity contribution is -0.130. The Labute approximate surface area is 291 Å². The Morgan fingerprint density at radius 2 is 0.936 bits per heavy atom. The molecule has 0 spiro atoms. The minimum Gasteiger partial charge on any atom is -0.353 e. The van der Waals surface area contributed by atoms with E-state index in [1.165, 1.54) is 167 Å². The van der Waals surface area contributed by atoms with Gasteiger partial charge >= 0.3 is 0 Å². The Balaban J connectivity index is 1.02. The van der Waals surface area contributed by atoms with Crippen molar-refractivity contribution in [3.05, 3.63) is 0 Å². The molecule has 6 rings (SSSR count). The molecule has 0 aromatic heterocycles. The number of rotatable bonds is 10. The molecule has 0 aromatic rings. The van der Waals surface area contributed by atoms with Crippen molar-refractivity contribution in [3.8, 4) is 0 Å². The van der Waals surface area contributed by atoms with Crippen LogP contribution in [0, 0.1) is 23.2 Å². The maximum atomic E-state index is 12.9. The van der Waals surface area contributed by atoms with E-state index in [0.717, 1.165) is 60.4 Å². The molecule has 6 saturated carbocycles. The van der Waals surface area contributed by atoms with Crippen LogP contribution in [0.25, 0.3) is 0 Å². The lowest BCUT2D eigenvalue weighted by atomic mass is 9.70. The minimum absolute atomic E-state index is 0.244. The van der Waals surface area contributed by atoms with Crippen molar-refractivity contribution >= 4 is 5.91 Å². The van der Waals surface area contributed by atoms with Gasteiger partial charge in [-0.3, -0.25) is 14.6 Å². The number of hydrogen-bond donors (Lipinski definition) is 1. The summed E-state index contributed by atoms with van der Waals surface area (Å²) in [7, 11) is 0. The van der Waals surface area contributed by atoms with Crippen molar-refractivity contribution in [2.45, 2.75) is 243 Å². The van der Waals surface area contributed by atoms with E-state index in [-0.39, 0.29) is 11.3 Å². The first-order valence-corrected chi connectivity index (χ1v) is 21.7. The van der Waals surface area contributed by atoms with Crippen LogP contribution >= 0.6 is 0 Å². The van der Waals surface area contributed by atoms with Gasteiger partial charge in [-0.2, -0.15) is 0 Å². The molecule has 0 aromatic carbocycles. The van der Waals surface area contributed by atoms with Crippen molar-refractivity contribution in [3.63, 3.8) is 0 Å². The highest BCUT2D eigenvalue weighted by atomic mass is 16.2. The van der Waals surface area contributed by atoms with Crippen LogP contribution in [-0.2, 0) is 4.79 Å². The SMILES string of the molecule is CCC(C)(C)C(=O)NC1CCC(N(C2CCCCC2)C2CCC(C3CCC(N(C4CCCCC4)C4CCCCC4C)CC3)CC2)CC1. The maximum Gasteiger partial charge on any atom is 0.225 e. The second-order valence-electron chi connectivity index (χ2n) is 18.7. The van der Waals surface area contributed by atoms with Gasteiger partial charge in [-0.1, -0.05) is 79.1 Å². The van der Waals surface area contributed by atoms with Gasteiger partial charge in [-0.15, -0.1) is 0 Å². The molecule has 47 heavy (non-hydrogen) atoms. The number of nitrogens with zero attached hydrogens (tertiary/aromatic N) is 2. The summed E-state index contributed by atoms with van der Waals surface area (Å²) < 4.78 is 0. The molecule has 0 bridgehead atoms. The molecule has 1 N–H and O–H groups in total. The van der Waals surface area contributed by atoms with Gasteiger partial charge in [0.25, 0.3) is 0 Å². The Hall–Kier alpha value is -0.610. The van der Waals surface area contributed by atoms with E-state index in [1.54, 1.807) is 0 Å². The van der Waals surface area contributed by atoms with Gasteiger partial charge in [0.2, 0.25) is 5.91 Å². The Morgan fingerprint density at radius 1 is 0.532 bits per heavy atom. The molecule has 2 atom stereocenters. The van der Waals surface area contributed by atoms with Crippen LogP contribution in [0.15, 0.2) is 0 Å². The van der Waals surface area contributed by atoms with E-state index in [9.17, 15) is 4.79 Å². The van der Waals surface area contributed by atoms with E-state index in [0.29, 0.717) is 6.04 Å². The predicted octanol–water partition coefficient (Wildman–Crippen LogP) is 10.8. The first-order valence-electron chi connectivity index (χ1n) is 21.7. The van der Waals surface area contributed by atoms with E-state index in [2.05, 4.69) is 42.8 Å². The average Bonchev–Trinajstić information content (AvgIpc) is 3.11. The molecule has 0 radical (unpaired) electrons.